The summed E-state index contributed by atoms with van der Waals surface area (Å²) in [6, 6.07) is 5.49. The topological polar surface area (TPSA) is 139 Å². The number of anilines is 1. The van der Waals surface area contributed by atoms with Gasteiger partial charge in [0.05, 0.1) is 0 Å². The van der Waals surface area contributed by atoms with Crippen LogP contribution in [0, 0.1) is 0 Å². The number of hydrogen-bond acceptors (Lipinski definition) is 4. The summed E-state index contributed by atoms with van der Waals surface area (Å²) >= 11 is -3.24. The molecule has 1 radical (unpaired) electrons. The molecule has 2 amide bonds. The molecule has 0 saturated heterocycles. The summed E-state index contributed by atoms with van der Waals surface area (Å²) < 4.78 is 19.8. The van der Waals surface area contributed by atoms with E-state index in [0.29, 0.717) is 9.20 Å². The van der Waals surface area contributed by atoms with Crippen molar-refractivity contribution in [1.82, 2.24) is 5.48 Å². The van der Waals surface area contributed by atoms with E-state index in [9.17, 15) is 7.81 Å². The Morgan fingerprint density at radius 2 is 1.73 bits per heavy atom. The maximum absolute atomic E-state index is 10.5. The molecule has 83 valence electrons. The van der Waals surface area contributed by atoms with E-state index in [4.69, 9.17) is 14.3 Å². The van der Waals surface area contributed by atoms with Crippen LogP contribution >= 0.6 is 0 Å². The second-order valence-electron chi connectivity index (χ2n) is 2.34. The monoisotopic (exact) mass is 322 g/mol. The molecule has 0 saturated carbocycles. The maximum atomic E-state index is 10.5. The molecule has 1 aromatic carbocycles. The average Bonchev–Trinajstić information content (AvgIpc) is 2.19. The molecule has 0 bridgehead atoms. The first-order valence-electron chi connectivity index (χ1n) is 3.68. The van der Waals surface area contributed by atoms with Crippen molar-refractivity contribution < 1.29 is 16.4 Å². The zero-order valence-electron chi connectivity index (χ0n) is 7.62. The quantitative estimate of drug-likeness (QED) is 0.184. The van der Waals surface area contributed by atoms with Crippen LogP contribution in [0.3, 0.4) is 0 Å². The molecule has 7 N–H and O–H groups in total. The van der Waals surface area contributed by atoms with E-state index >= 15 is 0 Å². The van der Waals surface area contributed by atoms with Crippen LogP contribution in [-0.4, -0.2) is 35.2 Å². The predicted octanol–water partition coefficient (Wildman–Crippen LogP) is -1.57. The van der Waals surface area contributed by atoms with Gasteiger partial charge >= 0.3 is 72.3 Å². The Balaban J connectivity index is 0.000000336. The number of nitrogens with two attached hydrogens (primary N) is 2. The van der Waals surface area contributed by atoms with Gasteiger partial charge in [0, 0.05) is 0 Å². The van der Waals surface area contributed by atoms with E-state index in [2.05, 4.69) is 5.73 Å². The minimum atomic E-state index is -3.24. The number of amides is 2. The second-order valence-corrected chi connectivity index (χ2v) is 5.37. The number of benzene rings is 1. The Hall–Kier alpha value is -1.17. The summed E-state index contributed by atoms with van der Waals surface area (Å²) in [6.45, 7) is 0. The number of primary amides is 1. The van der Waals surface area contributed by atoms with Gasteiger partial charge in [-0.3, -0.25) is 5.21 Å². The first-order chi connectivity index (χ1) is 6.97. The van der Waals surface area contributed by atoms with Crippen molar-refractivity contribution in [3.8, 4) is 0 Å². The molecule has 0 unspecified atom stereocenters. The third-order valence-corrected chi connectivity index (χ3v) is 3.34. The van der Waals surface area contributed by atoms with Gasteiger partial charge in [0.1, 0.15) is 0 Å². The summed E-state index contributed by atoms with van der Waals surface area (Å²) in [5.74, 6) is 0. The predicted molar refractivity (Wildman–Crippen MR) is 53.7 cm³/mol. The van der Waals surface area contributed by atoms with Gasteiger partial charge in [0.25, 0.3) is 0 Å². The van der Waals surface area contributed by atoms with Crippen molar-refractivity contribution in [1.29, 1.82) is 0 Å². The van der Waals surface area contributed by atoms with Gasteiger partial charge in [-0.05, 0) is 0 Å². The van der Waals surface area contributed by atoms with E-state index < -0.39 is 26.7 Å². The number of carbonyl (C=O) groups excluding carboxylic acids is 1. The fraction of sp³-hybridized carbons (Fsp3) is 0. The van der Waals surface area contributed by atoms with E-state index in [1.165, 1.54) is 5.48 Å². The van der Waals surface area contributed by atoms with Gasteiger partial charge in [-0.25, -0.2) is 10.3 Å². The molecule has 1 aromatic rings. The van der Waals surface area contributed by atoms with Gasteiger partial charge in [0.2, 0.25) is 0 Å². The molecule has 8 heteroatoms. The molecule has 0 aliphatic carbocycles. The molecular weight excluding hydrogens is 312 g/mol. The molecular formula is C7H11N3O4Sb. The van der Waals surface area contributed by atoms with E-state index in [1.54, 1.807) is 24.3 Å². The van der Waals surface area contributed by atoms with Crippen LogP contribution in [-0.2, 0) is 3.02 Å². The summed E-state index contributed by atoms with van der Waals surface area (Å²) in [6.07, 6.45) is 0. The standard InChI is InChI=1S/C6H6N.CH4N2O2.H2O.O.Sb/c7-6-4-2-1-3-5-6;2-1(4)3-5;;;/h2-5H,7H2;5H,(H3,2,3,4);1H2;;/q;;;;+1/p-1. The number of nitrogen functional groups attached to an aromatic ring is 1. The molecule has 0 atom stereocenters. The number of hydroxylamine groups is 1. The fourth-order valence-electron chi connectivity index (χ4n) is 0.602. The van der Waals surface area contributed by atoms with Crippen molar-refractivity contribution in [2.75, 3.05) is 5.73 Å². The molecule has 1 rings (SSSR count). The Bertz CT molecular complexity index is 341. The SMILES string of the molecule is NC(=O)NO.Nc1cc[c]([Sb](=[O])[OH])cc1. The van der Waals surface area contributed by atoms with Gasteiger partial charge < -0.3 is 5.73 Å². The van der Waals surface area contributed by atoms with Crippen molar-refractivity contribution in [2.24, 2.45) is 5.73 Å². The van der Waals surface area contributed by atoms with Gasteiger partial charge in [-0.2, -0.15) is 0 Å². The van der Waals surface area contributed by atoms with Crippen molar-refractivity contribution in [3.05, 3.63) is 24.3 Å². The Kier molecular flexibility index (Phi) is 6.60. The third-order valence-electron chi connectivity index (χ3n) is 1.22. The van der Waals surface area contributed by atoms with Gasteiger partial charge in [-0.15, -0.1) is 0 Å². The molecule has 0 fully saturated rings. The number of hydrogen-bond donors (Lipinski definition) is 5. The van der Waals surface area contributed by atoms with E-state index in [0.717, 1.165) is 0 Å². The Morgan fingerprint density at radius 1 is 1.33 bits per heavy atom. The zero-order valence-corrected chi connectivity index (χ0v) is 10.2. The van der Waals surface area contributed by atoms with Crippen LogP contribution in [0.15, 0.2) is 24.3 Å². The van der Waals surface area contributed by atoms with Crippen LogP contribution in [0.4, 0.5) is 10.5 Å². The van der Waals surface area contributed by atoms with Crippen molar-refractivity contribution in [3.63, 3.8) is 0 Å². The van der Waals surface area contributed by atoms with Crippen LogP contribution in [0.2, 0.25) is 0 Å². The number of rotatable bonds is 1. The third kappa shape index (κ3) is 6.84. The second kappa shape index (κ2) is 7.16. The summed E-state index contributed by atoms with van der Waals surface area (Å²) in [4.78, 5) is 9.23. The van der Waals surface area contributed by atoms with Crippen molar-refractivity contribution >= 4 is 35.8 Å². The molecule has 0 aromatic heterocycles. The minimum absolute atomic E-state index is 0.525. The first-order valence-corrected chi connectivity index (χ1v) is 7.14. The molecule has 0 spiro atoms. The van der Waals surface area contributed by atoms with E-state index in [1.807, 2.05) is 0 Å². The molecule has 7 nitrogen and oxygen atoms in total. The summed E-state index contributed by atoms with van der Waals surface area (Å²) in [5.41, 5.74) is 11.4. The Morgan fingerprint density at radius 3 is 2.00 bits per heavy atom. The van der Waals surface area contributed by atoms with Gasteiger partial charge in [-0.1, -0.05) is 0 Å². The number of nitrogens with one attached hydrogen (secondary N) is 1. The molecule has 0 heterocycles. The van der Waals surface area contributed by atoms with Crippen LogP contribution in [0.5, 0.6) is 0 Å². The zero-order chi connectivity index (χ0) is 11.8. The van der Waals surface area contributed by atoms with Crippen LogP contribution in [0.25, 0.3) is 0 Å². The van der Waals surface area contributed by atoms with Crippen molar-refractivity contribution in [2.45, 2.75) is 0 Å². The normalized spacial score (nSPS) is 8.40. The van der Waals surface area contributed by atoms with E-state index in [-0.39, 0.29) is 0 Å². The van der Waals surface area contributed by atoms with Crippen LogP contribution < -0.4 is 20.5 Å². The molecule has 15 heavy (non-hydrogen) atoms. The van der Waals surface area contributed by atoms with Gasteiger partial charge in [0.15, 0.2) is 0 Å². The molecule has 0 aliphatic rings. The number of urea groups is 1. The fourth-order valence-corrected chi connectivity index (χ4v) is 1.76. The van der Waals surface area contributed by atoms with Crippen LogP contribution in [0.1, 0.15) is 0 Å². The molecule has 0 aliphatic heterocycles. The average molecular weight is 323 g/mol. The summed E-state index contributed by atoms with van der Waals surface area (Å²) in [7, 11) is 0. The number of carbonyl (C=O) groups is 1. The first kappa shape index (κ1) is 13.8. The summed E-state index contributed by atoms with van der Waals surface area (Å²) in [5, 5.41) is 7.42. The Labute approximate surface area is 93.6 Å².